The van der Waals surface area contributed by atoms with Crippen LogP contribution in [0.3, 0.4) is 0 Å². The first-order valence-electron chi connectivity index (χ1n) is 5.41. The third kappa shape index (κ3) is 2.24. The summed E-state index contributed by atoms with van der Waals surface area (Å²) in [6.07, 6.45) is 3.16. The summed E-state index contributed by atoms with van der Waals surface area (Å²) in [5.41, 5.74) is 1.54. The minimum Gasteiger partial charge on any atom is -0.477 e. The van der Waals surface area contributed by atoms with Gasteiger partial charge in [0.15, 0.2) is 0 Å². The number of thiazole rings is 1. The molecule has 0 atom stereocenters. The van der Waals surface area contributed by atoms with Crippen LogP contribution in [0.5, 0.6) is 0 Å². The normalized spacial score (nSPS) is 10.7. The molecule has 0 saturated heterocycles. The number of rotatable bonds is 4. The predicted molar refractivity (Wildman–Crippen MR) is 65.5 cm³/mol. The fourth-order valence-corrected chi connectivity index (χ4v) is 2.67. The van der Waals surface area contributed by atoms with Crippen molar-refractivity contribution in [1.82, 2.24) is 4.98 Å². The number of hydrogen-bond donors (Lipinski definition) is 1. The molecule has 0 amide bonds. The lowest BCUT2D eigenvalue weighted by atomic mass is 10.2. The van der Waals surface area contributed by atoms with Crippen molar-refractivity contribution < 1.29 is 14.3 Å². The van der Waals surface area contributed by atoms with Crippen LogP contribution in [0.25, 0.3) is 10.6 Å². The molecule has 1 N–H and O–H groups in total. The van der Waals surface area contributed by atoms with E-state index >= 15 is 0 Å². The van der Waals surface area contributed by atoms with Gasteiger partial charge in [-0.25, -0.2) is 9.78 Å². The second-order valence-corrected chi connectivity index (χ2v) is 4.74. The monoisotopic (exact) mass is 251 g/mol. The van der Waals surface area contributed by atoms with Gasteiger partial charge in [0.2, 0.25) is 0 Å². The number of nitrogens with zero attached hydrogens (tertiary/aromatic N) is 1. The minimum atomic E-state index is -0.904. The molecule has 4 nitrogen and oxygen atoms in total. The van der Waals surface area contributed by atoms with Gasteiger partial charge >= 0.3 is 5.97 Å². The number of carboxylic acid groups (broad SMARTS) is 1. The zero-order chi connectivity index (χ0) is 12.4. The molecule has 2 rings (SSSR count). The summed E-state index contributed by atoms with van der Waals surface area (Å²) in [7, 11) is 0. The molecule has 0 aromatic carbocycles. The molecular formula is C12H13NO3S. The topological polar surface area (TPSA) is 63.3 Å². The summed E-state index contributed by atoms with van der Waals surface area (Å²) in [5.74, 6) is -0.142. The van der Waals surface area contributed by atoms with Gasteiger partial charge in [-0.1, -0.05) is 13.3 Å². The molecule has 0 bridgehead atoms. The van der Waals surface area contributed by atoms with Crippen molar-refractivity contribution in [1.29, 1.82) is 0 Å². The summed E-state index contributed by atoms with van der Waals surface area (Å²) >= 11 is 1.21. The fraction of sp³-hybridized carbons (Fsp3) is 0.333. The number of hydrogen-bond acceptors (Lipinski definition) is 4. The molecule has 0 fully saturated rings. The lowest BCUT2D eigenvalue weighted by Crippen LogP contribution is -1.98. The Morgan fingerprint density at radius 1 is 1.59 bits per heavy atom. The van der Waals surface area contributed by atoms with E-state index in [0.717, 1.165) is 22.8 Å². The Kier molecular flexibility index (Phi) is 3.28. The highest BCUT2D eigenvalue weighted by atomic mass is 32.1. The van der Waals surface area contributed by atoms with Gasteiger partial charge in [0.25, 0.3) is 0 Å². The Bertz CT molecular complexity index is 542. The highest BCUT2D eigenvalue weighted by Gasteiger charge is 2.19. The first kappa shape index (κ1) is 11.9. The van der Waals surface area contributed by atoms with E-state index in [1.165, 1.54) is 11.3 Å². The number of aryl methyl sites for hydroxylation is 2. The number of carbonyl (C=O) groups is 1. The van der Waals surface area contributed by atoms with Crippen LogP contribution < -0.4 is 0 Å². The molecule has 0 aliphatic carbocycles. The quantitative estimate of drug-likeness (QED) is 0.905. The summed E-state index contributed by atoms with van der Waals surface area (Å²) in [6, 6.07) is 1.82. The molecule has 0 aliphatic heterocycles. The van der Waals surface area contributed by atoms with Gasteiger partial charge in [0, 0.05) is 0 Å². The second-order valence-electron chi connectivity index (χ2n) is 3.74. The molecule has 2 aromatic heterocycles. The van der Waals surface area contributed by atoms with Gasteiger partial charge in [-0.2, -0.15) is 0 Å². The molecule has 90 valence electrons. The van der Waals surface area contributed by atoms with Crippen LogP contribution in [0.4, 0.5) is 0 Å². The summed E-state index contributed by atoms with van der Waals surface area (Å²) in [4.78, 5) is 15.8. The average Bonchev–Trinajstić information content (AvgIpc) is 2.84. The van der Waals surface area contributed by atoms with Gasteiger partial charge in [0.05, 0.1) is 17.5 Å². The maximum atomic E-state index is 11.1. The number of aromatic nitrogens is 1. The van der Waals surface area contributed by atoms with Crippen molar-refractivity contribution in [2.45, 2.75) is 26.7 Å². The predicted octanol–water partition coefficient (Wildman–Crippen LogP) is 3.36. The standard InChI is InChI=1S/C12H13NO3S/c1-3-4-9-10(12(14)15)17-11(13-9)8-5-6-16-7(8)2/h5-6H,3-4H2,1-2H3,(H,14,15). The summed E-state index contributed by atoms with van der Waals surface area (Å²) in [6.45, 7) is 3.85. The van der Waals surface area contributed by atoms with E-state index in [-0.39, 0.29) is 0 Å². The van der Waals surface area contributed by atoms with Gasteiger partial charge in [-0.05, 0) is 19.4 Å². The zero-order valence-corrected chi connectivity index (χ0v) is 10.5. The van der Waals surface area contributed by atoms with Gasteiger partial charge in [0.1, 0.15) is 15.6 Å². The molecule has 0 saturated carbocycles. The van der Waals surface area contributed by atoms with Crippen molar-refractivity contribution in [3.8, 4) is 10.6 Å². The Morgan fingerprint density at radius 3 is 2.88 bits per heavy atom. The van der Waals surface area contributed by atoms with E-state index in [0.29, 0.717) is 17.0 Å². The van der Waals surface area contributed by atoms with Crippen LogP contribution in [0.15, 0.2) is 16.7 Å². The maximum absolute atomic E-state index is 11.1. The smallest absolute Gasteiger partial charge is 0.347 e. The van der Waals surface area contributed by atoms with E-state index in [1.807, 2.05) is 19.9 Å². The molecule has 2 aromatic rings. The van der Waals surface area contributed by atoms with E-state index < -0.39 is 5.97 Å². The van der Waals surface area contributed by atoms with Crippen molar-refractivity contribution in [3.05, 3.63) is 28.7 Å². The highest BCUT2D eigenvalue weighted by Crippen LogP contribution is 2.31. The van der Waals surface area contributed by atoms with E-state index in [4.69, 9.17) is 9.52 Å². The van der Waals surface area contributed by atoms with Crippen molar-refractivity contribution >= 4 is 17.3 Å². The molecule has 17 heavy (non-hydrogen) atoms. The Balaban J connectivity index is 2.47. The molecule has 0 aliphatic rings. The van der Waals surface area contributed by atoms with E-state index in [9.17, 15) is 4.79 Å². The number of carboxylic acids is 1. The largest absolute Gasteiger partial charge is 0.477 e. The second kappa shape index (κ2) is 4.71. The Morgan fingerprint density at radius 2 is 2.35 bits per heavy atom. The van der Waals surface area contributed by atoms with Gasteiger partial charge < -0.3 is 9.52 Å². The average molecular weight is 251 g/mol. The van der Waals surface area contributed by atoms with Crippen LogP contribution in [-0.2, 0) is 6.42 Å². The molecule has 0 spiro atoms. The minimum absolute atomic E-state index is 0.336. The number of aromatic carboxylic acids is 1. The zero-order valence-electron chi connectivity index (χ0n) is 9.69. The lowest BCUT2D eigenvalue weighted by Gasteiger charge is -1.93. The highest BCUT2D eigenvalue weighted by molar-refractivity contribution is 7.17. The van der Waals surface area contributed by atoms with Crippen LogP contribution in [0, 0.1) is 6.92 Å². The van der Waals surface area contributed by atoms with Gasteiger partial charge in [-0.15, -0.1) is 11.3 Å². The van der Waals surface area contributed by atoms with Crippen molar-refractivity contribution in [2.75, 3.05) is 0 Å². The first-order chi connectivity index (χ1) is 8.13. The number of furan rings is 1. The summed E-state index contributed by atoms with van der Waals surface area (Å²) < 4.78 is 5.21. The lowest BCUT2D eigenvalue weighted by molar-refractivity contribution is 0.0700. The molecule has 2 heterocycles. The van der Waals surface area contributed by atoms with Crippen LogP contribution in [0.1, 0.15) is 34.5 Å². The van der Waals surface area contributed by atoms with Crippen molar-refractivity contribution in [3.63, 3.8) is 0 Å². The first-order valence-corrected chi connectivity index (χ1v) is 6.22. The summed E-state index contributed by atoms with van der Waals surface area (Å²) in [5, 5.41) is 9.84. The van der Waals surface area contributed by atoms with E-state index in [2.05, 4.69) is 4.98 Å². The SMILES string of the molecule is CCCc1nc(-c2ccoc2C)sc1C(=O)O. The Labute approximate surface area is 103 Å². The van der Waals surface area contributed by atoms with Crippen LogP contribution >= 0.6 is 11.3 Å². The van der Waals surface area contributed by atoms with Crippen LogP contribution in [-0.4, -0.2) is 16.1 Å². The third-order valence-electron chi connectivity index (χ3n) is 2.47. The fourth-order valence-electron chi connectivity index (χ4n) is 1.65. The molecule has 5 heteroatoms. The van der Waals surface area contributed by atoms with Crippen LogP contribution in [0.2, 0.25) is 0 Å². The van der Waals surface area contributed by atoms with E-state index in [1.54, 1.807) is 6.26 Å². The molecule has 0 radical (unpaired) electrons. The Hall–Kier alpha value is -1.62. The molecular weight excluding hydrogens is 238 g/mol. The van der Waals surface area contributed by atoms with Crippen molar-refractivity contribution in [2.24, 2.45) is 0 Å². The third-order valence-corrected chi connectivity index (χ3v) is 3.59. The van der Waals surface area contributed by atoms with Gasteiger partial charge in [-0.3, -0.25) is 0 Å². The maximum Gasteiger partial charge on any atom is 0.347 e. The molecule has 0 unspecified atom stereocenters.